The lowest BCUT2D eigenvalue weighted by Crippen LogP contribution is -2.12. The fourth-order valence-electron chi connectivity index (χ4n) is 1.67. The minimum atomic E-state index is -4.36. The van der Waals surface area contributed by atoms with E-state index in [4.69, 9.17) is 0 Å². The molecule has 0 amide bonds. The maximum atomic E-state index is 12.5. The number of nitrogens with zero attached hydrogens (tertiary/aromatic N) is 3. The number of alkyl halides is 3. The van der Waals surface area contributed by atoms with E-state index in [0.29, 0.717) is 15.6 Å². The Morgan fingerprint density at radius 1 is 1.10 bits per heavy atom. The van der Waals surface area contributed by atoms with E-state index >= 15 is 0 Å². The fourth-order valence-corrected chi connectivity index (χ4v) is 2.45. The van der Waals surface area contributed by atoms with Gasteiger partial charge in [0.05, 0.1) is 5.56 Å². The number of benzene rings is 1. The normalized spacial score (nSPS) is 12.0. The van der Waals surface area contributed by atoms with Crippen LogP contribution in [0.4, 0.5) is 13.2 Å². The molecule has 0 radical (unpaired) electrons. The summed E-state index contributed by atoms with van der Waals surface area (Å²) in [4.78, 5) is 12.0. The van der Waals surface area contributed by atoms with Crippen LogP contribution in [0.5, 0.6) is 0 Å². The van der Waals surface area contributed by atoms with Crippen molar-refractivity contribution in [2.75, 3.05) is 0 Å². The molecule has 3 aromatic rings. The molecule has 0 aliphatic carbocycles. The van der Waals surface area contributed by atoms with Gasteiger partial charge in [-0.1, -0.05) is 11.8 Å². The van der Waals surface area contributed by atoms with E-state index in [1.54, 1.807) is 12.1 Å². The Labute approximate surface area is 119 Å². The Hall–Kier alpha value is -2.29. The minimum absolute atomic E-state index is 0.372. The number of fused-ring (bicyclic) bond motifs is 1. The molecule has 2 aromatic heterocycles. The average molecular weight is 312 g/mol. The van der Waals surface area contributed by atoms with Gasteiger partial charge in [-0.15, -0.1) is 0 Å². The van der Waals surface area contributed by atoms with Gasteiger partial charge >= 0.3 is 11.9 Å². The molecule has 0 fully saturated rings. The number of aromatic amines is 1. The van der Waals surface area contributed by atoms with Gasteiger partial charge in [0, 0.05) is 4.90 Å². The molecule has 0 aliphatic heterocycles. The van der Waals surface area contributed by atoms with Crippen molar-refractivity contribution in [3.63, 3.8) is 0 Å². The third-order valence-corrected chi connectivity index (χ3v) is 3.59. The summed E-state index contributed by atoms with van der Waals surface area (Å²) in [6.45, 7) is 0. The molecule has 5 nitrogen and oxygen atoms in total. The van der Waals surface area contributed by atoms with Crippen LogP contribution in [0.15, 0.2) is 51.1 Å². The van der Waals surface area contributed by atoms with Crippen LogP contribution >= 0.6 is 11.8 Å². The maximum absolute atomic E-state index is 12.5. The molecular weight excluding hydrogens is 305 g/mol. The van der Waals surface area contributed by atoms with Crippen LogP contribution in [0.3, 0.4) is 0 Å². The summed E-state index contributed by atoms with van der Waals surface area (Å²) in [5.41, 5.74) is -0.807. The zero-order valence-electron chi connectivity index (χ0n) is 10.3. The second-order valence-electron chi connectivity index (χ2n) is 4.09. The van der Waals surface area contributed by atoms with Crippen molar-refractivity contribution in [1.82, 2.24) is 19.8 Å². The molecule has 0 aliphatic rings. The Morgan fingerprint density at radius 3 is 2.48 bits per heavy atom. The van der Waals surface area contributed by atoms with E-state index in [1.165, 1.54) is 12.1 Å². The molecule has 0 unspecified atom stereocenters. The van der Waals surface area contributed by atoms with Crippen LogP contribution in [0.1, 0.15) is 5.56 Å². The Morgan fingerprint density at radius 2 is 1.81 bits per heavy atom. The van der Waals surface area contributed by atoms with Crippen molar-refractivity contribution in [3.05, 3.63) is 52.4 Å². The van der Waals surface area contributed by atoms with E-state index in [0.717, 1.165) is 28.4 Å². The number of halogens is 3. The first kappa shape index (κ1) is 13.7. The van der Waals surface area contributed by atoms with Gasteiger partial charge in [0.1, 0.15) is 5.03 Å². The van der Waals surface area contributed by atoms with Gasteiger partial charge in [0.15, 0.2) is 5.65 Å². The summed E-state index contributed by atoms with van der Waals surface area (Å²) in [6, 6.07) is 7.96. The van der Waals surface area contributed by atoms with Crippen LogP contribution < -0.4 is 5.69 Å². The molecule has 3 rings (SSSR count). The second-order valence-corrected chi connectivity index (χ2v) is 5.19. The largest absolute Gasteiger partial charge is 0.416 e. The molecule has 108 valence electrons. The molecular formula is C12H7F3N4OS. The highest BCUT2D eigenvalue weighted by atomic mass is 32.2. The first-order valence-electron chi connectivity index (χ1n) is 5.73. The molecule has 1 N–H and O–H groups in total. The topological polar surface area (TPSA) is 63.0 Å². The van der Waals surface area contributed by atoms with E-state index in [-0.39, 0.29) is 0 Å². The van der Waals surface area contributed by atoms with Crippen LogP contribution in [0.25, 0.3) is 5.65 Å². The highest BCUT2D eigenvalue weighted by molar-refractivity contribution is 7.99. The highest BCUT2D eigenvalue weighted by Crippen LogP contribution is 2.32. The smallest absolute Gasteiger partial charge is 0.244 e. The summed E-state index contributed by atoms with van der Waals surface area (Å²) in [5.74, 6) is 0. The standard InChI is InChI=1S/C12H7F3N4OS/c13-12(14,15)7-1-3-8(4-2-7)21-10-6-5-9-16-17-11(20)19(9)18-10/h1-6H,(H,17,20). The molecule has 0 bridgehead atoms. The van der Waals surface area contributed by atoms with E-state index < -0.39 is 17.4 Å². The Bertz CT molecular complexity index is 838. The third kappa shape index (κ3) is 2.77. The summed E-state index contributed by atoms with van der Waals surface area (Å²) in [7, 11) is 0. The van der Waals surface area contributed by atoms with Gasteiger partial charge < -0.3 is 0 Å². The van der Waals surface area contributed by atoms with Crippen molar-refractivity contribution in [2.45, 2.75) is 16.1 Å². The SMILES string of the molecule is O=c1[nH]nc2ccc(Sc3ccc(C(F)(F)F)cc3)nn12. The molecule has 2 heterocycles. The molecule has 1 aromatic carbocycles. The quantitative estimate of drug-likeness (QED) is 0.790. The van der Waals surface area contributed by atoms with Gasteiger partial charge in [0.2, 0.25) is 0 Å². The van der Waals surface area contributed by atoms with Crippen molar-refractivity contribution in [2.24, 2.45) is 0 Å². The lowest BCUT2D eigenvalue weighted by Gasteiger charge is -2.07. The number of aromatic nitrogens is 4. The van der Waals surface area contributed by atoms with Crippen molar-refractivity contribution < 1.29 is 13.2 Å². The van der Waals surface area contributed by atoms with E-state index in [2.05, 4.69) is 15.3 Å². The molecule has 21 heavy (non-hydrogen) atoms. The average Bonchev–Trinajstić information content (AvgIpc) is 2.80. The molecule has 0 atom stereocenters. The number of H-pyrrole nitrogens is 1. The number of rotatable bonds is 2. The van der Waals surface area contributed by atoms with Crippen LogP contribution in [0, 0.1) is 0 Å². The third-order valence-electron chi connectivity index (χ3n) is 2.65. The predicted molar refractivity (Wildman–Crippen MR) is 69.2 cm³/mol. The second kappa shape index (κ2) is 4.92. The predicted octanol–water partition coefficient (Wildman–Crippen LogP) is 2.59. The molecule has 0 saturated heterocycles. The van der Waals surface area contributed by atoms with Crippen LogP contribution in [0.2, 0.25) is 0 Å². The first-order valence-corrected chi connectivity index (χ1v) is 6.55. The lowest BCUT2D eigenvalue weighted by atomic mass is 10.2. The number of nitrogens with one attached hydrogen (secondary N) is 1. The fraction of sp³-hybridized carbons (Fsp3) is 0.0833. The van der Waals surface area contributed by atoms with Gasteiger partial charge in [-0.3, -0.25) is 0 Å². The highest BCUT2D eigenvalue weighted by Gasteiger charge is 2.29. The van der Waals surface area contributed by atoms with Crippen molar-refractivity contribution in [1.29, 1.82) is 0 Å². The summed E-state index contributed by atoms with van der Waals surface area (Å²) in [5, 5.41) is 10.5. The first-order chi connectivity index (χ1) is 9.93. The van der Waals surface area contributed by atoms with Gasteiger partial charge in [-0.25, -0.2) is 9.89 Å². The number of hydrogen-bond acceptors (Lipinski definition) is 4. The maximum Gasteiger partial charge on any atom is 0.416 e. The monoisotopic (exact) mass is 312 g/mol. The minimum Gasteiger partial charge on any atom is -0.244 e. The summed E-state index contributed by atoms with van der Waals surface area (Å²) >= 11 is 1.15. The lowest BCUT2D eigenvalue weighted by molar-refractivity contribution is -0.137. The van der Waals surface area contributed by atoms with Crippen LogP contribution in [-0.2, 0) is 6.18 Å². The van der Waals surface area contributed by atoms with Gasteiger partial charge in [0.25, 0.3) is 0 Å². The molecule has 9 heteroatoms. The van der Waals surface area contributed by atoms with E-state index in [9.17, 15) is 18.0 Å². The molecule has 0 spiro atoms. The Kier molecular flexibility index (Phi) is 3.20. The zero-order chi connectivity index (χ0) is 15.0. The summed E-state index contributed by atoms with van der Waals surface area (Å²) < 4.78 is 38.5. The van der Waals surface area contributed by atoms with Crippen molar-refractivity contribution in [3.8, 4) is 0 Å². The van der Waals surface area contributed by atoms with E-state index in [1.807, 2.05) is 0 Å². The Balaban J connectivity index is 1.88. The summed E-state index contributed by atoms with van der Waals surface area (Å²) in [6.07, 6.45) is -4.36. The van der Waals surface area contributed by atoms with Crippen molar-refractivity contribution >= 4 is 17.4 Å². The van der Waals surface area contributed by atoms with Gasteiger partial charge in [-0.2, -0.15) is 27.9 Å². The van der Waals surface area contributed by atoms with Gasteiger partial charge in [-0.05, 0) is 36.4 Å². The molecule has 0 saturated carbocycles. The zero-order valence-corrected chi connectivity index (χ0v) is 11.1. The number of hydrogen-bond donors (Lipinski definition) is 1. The van der Waals surface area contributed by atoms with Crippen LogP contribution in [-0.4, -0.2) is 19.8 Å².